The van der Waals surface area contributed by atoms with Crippen molar-refractivity contribution in [2.75, 3.05) is 7.05 Å². The van der Waals surface area contributed by atoms with Crippen LogP contribution in [0.25, 0.3) is 6.08 Å². The Morgan fingerprint density at radius 2 is 2.06 bits per heavy atom. The van der Waals surface area contributed by atoms with Crippen molar-refractivity contribution in [1.29, 1.82) is 0 Å². The van der Waals surface area contributed by atoms with Crippen molar-refractivity contribution in [3.63, 3.8) is 0 Å². The van der Waals surface area contributed by atoms with Crippen LogP contribution in [-0.2, 0) is 0 Å². The number of nitrogens with zero attached hydrogens (tertiary/aromatic N) is 1. The first kappa shape index (κ1) is 9.43. The molecule has 1 heteroatoms. The van der Waals surface area contributed by atoms with E-state index in [1.807, 2.05) is 0 Å². The maximum Gasteiger partial charge on any atom is 0.0613 e. The molecule has 0 bridgehead atoms. The number of likely N-dealkylation sites (tertiary alicyclic amines) is 1. The molecule has 1 fully saturated rings. The summed E-state index contributed by atoms with van der Waals surface area (Å²) in [6, 6.07) is 9.85. The van der Waals surface area contributed by atoms with E-state index < -0.39 is 0 Å². The van der Waals surface area contributed by atoms with Gasteiger partial charge in [0.15, 0.2) is 0 Å². The molecule has 1 aliphatic heterocycles. The van der Waals surface area contributed by atoms with Crippen LogP contribution in [0.3, 0.4) is 0 Å². The van der Waals surface area contributed by atoms with Crippen molar-refractivity contribution in [2.45, 2.75) is 18.5 Å². The second-order valence-electron chi connectivity index (χ2n) is 5.10. The van der Waals surface area contributed by atoms with Crippen molar-refractivity contribution >= 4 is 6.08 Å². The van der Waals surface area contributed by atoms with Gasteiger partial charge in [0.2, 0.25) is 0 Å². The van der Waals surface area contributed by atoms with Gasteiger partial charge in [0.05, 0.1) is 6.04 Å². The molecule has 0 amide bonds. The molecule has 0 radical (unpaired) electrons. The summed E-state index contributed by atoms with van der Waals surface area (Å²) in [5.74, 6) is 0. The van der Waals surface area contributed by atoms with Gasteiger partial charge in [0, 0.05) is 6.04 Å². The number of likely N-dealkylation sites (N-methyl/N-ethyl adjacent to an activating group) is 1. The Morgan fingerprint density at radius 1 is 1.18 bits per heavy atom. The summed E-state index contributed by atoms with van der Waals surface area (Å²) in [6.45, 7) is 0. The van der Waals surface area contributed by atoms with Gasteiger partial charge in [-0.3, -0.25) is 4.90 Å². The molecule has 1 nitrogen and oxygen atoms in total. The van der Waals surface area contributed by atoms with Crippen LogP contribution in [0.4, 0.5) is 0 Å². The highest BCUT2D eigenvalue weighted by molar-refractivity contribution is 5.74. The van der Waals surface area contributed by atoms with Gasteiger partial charge >= 0.3 is 0 Å². The fourth-order valence-corrected chi connectivity index (χ4v) is 3.46. The normalized spacial score (nSPS) is 29.5. The van der Waals surface area contributed by atoms with Crippen molar-refractivity contribution in [3.05, 3.63) is 64.8 Å². The van der Waals surface area contributed by atoms with Crippen molar-refractivity contribution < 1.29 is 0 Å². The van der Waals surface area contributed by atoms with E-state index >= 15 is 0 Å². The zero-order chi connectivity index (χ0) is 11.4. The zero-order valence-corrected chi connectivity index (χ0v) is 9.93. The standard InChI is InChI=1S/C16H15N/c1-17-15-9-5-4-8-13(15)14-10-11-6-2-3-7-12(11)16(14)17/h2-8,10,15-16H,9H2,1H3. The predicted octanol–water partition coefficient (Wildman–Crippen LogP) is 3.33. The van der Waals surface area contributed by atoms with E-state index in [0.717, 1.165) is 6.42 Å². The Balaban J connectivity index is 1.91. The highest BCUT2D eigenvalue weighted by atomic mass is 15.2. The van der Waals surface area contributed by atoms with E-state index in [4.69, 9.17) is 0 Å². The first-order chi connectivity index (χ1) is 8.36. The predicted molar refractivity (Wildman–Crippen MR) is 70.6 cm³/mol. The van der Waals surface area contributed by atoms with Crippen LogP contribution in [0.5, 0.6) is 0 Å². The number of rotatable bonds is 0. The molecule has 1 saturated heterocycles. The Morgan fingerprint density at radius 3 is 3.00 bits per heavy atom. The molecule has 1 aromatic carbocycles. The quantitative estimate of drug-likeness (QED) is 0.649. The average molecular weight is 221 g/mol. The minimum absolute atomic E-state index is 0.488. The molecular weight excluding hydrogens is 206 g/mol. The zero-order valence-electron chi connectivity index (χ0n) is 9.93. The Bertz CT molecular complexity index is 577. The van der Waals surface area contributed by atoms with E-state index in [-0.39, 0.29) is 0 Å². The van der Waals surface area contributed by atoms with Gasteiger partial charge in [-0.1, -0.05) is 42.5 Å². The second-order valence-corrected chi connectivity index (χ2v) is 5.10. The highest BCUT2D eigenvalue weighted by Crippen LogP contribution is 2.50. The van der Waals surface area contributed by atoms with E-state index in [2.05, 4.69) is 60.5 Å². The molecule has 0 saturated carbocycles. The molecule has 4 rings (SSSR count). The number of hydrogen-bond donors (Lipinski definition) is 0. The van der Waals surface area contributed by atoms with Crippen LogP contribution in [0.15, 0.2) is 53.6 Å². The van der Waals surface area contributed by atoms with E-state index in [1.54, 1.807) is 0 Å². The van der Waals surface area contributed by atoms with E-state index in [1.165, 1.54) is 22.3 Å². The molecule has 0 N–H and O–H groups in total. The largest absolute Gasteiger partial charge is 0.288 e. The van der Waals surface area contributed by atoms with Gasteiger partial charge in [-0.15, -0.1) is 0 Å². The van der Waals surface area contributed by atoms with Gasteiger partial charge in [-0.25, -0.2) is 0 Å². The van der Waals surface area contributed by atoms with Gasteiger partial charge in [0.25, 0.3) is 0 Å². The monoisotopic (exact) mass is 221 g/mol. The number of allylic oxidation sites excluding steroid dienone is 2. The summed E-state index contributed by atoms with van der Waals surface area (Å²) in [4.78, 5) is 2.52. The average Bonchev–Trinajstić information content (AvgIpc) is 2.88. The SMILES string of the molecule is CN1C2CC=CC=C2C2=Cc3ccccc3C21. The Kier molecular flexibility index (Phi) is 1.78. The van der Waals surface area contributed by atoms with Crippen molar-refractivity contribution in [3.8, 4) is 0 Å². The lowest BCUT2D eigenvalue weighted by Crippen LogP contribution is -2.28. The third-order valence-corrected chi connectivity index (χ3v) is 4.26. The Hall–Kier alpha value is -1.60. The van der Waals surface area contributed by atoms with E-state index in [9.17, 15) is 0 Å². The summed E-state index contributed by atoms with van der Waals surface area (Å²) in [5, 5.41) is 0. The summed E-state index contributed by atoms with van der Waals surface area (Å²) >= 11 is 0. The first-order valence-electron chi connectivity index (χ1n) is 6.26. The maximum absolute atomic E-state index is 2.52. The third kappa shape index (κ3) is 1.12. The van der Waals surface area contributed by atoms with Crippen LogP contribution in [0, 0.1) is 0 Å². The van der Waals surface area contributed by atoms with E-state index in [0.29, 0.717) is 12.1 Å². The third-order valence-electron chi connectivity index (χ3n) is 4.26. The summed E-state index contributed by atoms with van der Waals surface area (Å²) in [7, 11) is 2.26. The van der Waals surface area contributed by atoms with Crippen molar-refractivity contribution in [2.24, 2.45) is 0 Å². The van der Waals surface area contributed by atoms with Crippen LogP contribution >= 0.6 is 0 Å². The minimum Gasteiger partial charge on any atom is -0.288 e. The molecule has 0 aromatic heterocycles. The molecule has 1 heterocycles. The molecule has 1 aromatic rings. The molecule has 0 spiro atoms. The van der Waals surface area contributed by atoms with Gasteiger partial charge < -0.3 is 0 Å². The lowest BCUT2D eigenvalue weighted by molar-refractivity contribution is 0.266. The number of hydrogen-bond acceptors (Lipinski definition) is 1. The topological polar surface area (TPSA) is 3.24 Å². The maximum atomic E-state index is 2.52. The lowest BCUT2D eigenvalue weighted by Gasteiger charge is -2.25. The summed E-state index contributed by atoms with van der Waals surface area (Å²) in [5.41, 5.74) is 5.91. The lowest BCUT2D eigenvalue weighted by atomic mass is 9.96. The Labute approximate surface area is 102 Å². The number of benzene rings is 1. The highest BCUT2D eigenvalue weighted by Gasteiger charge is 2.42. The summed E-state index contributed by atoms with van der Waals surface area (Å²) < 4.78 is 0. The van der Waals surface area contributed by atoms with Crippen LogP contribution in [0.2, 0.25) is 0 Å². The smallest absolute Gasteiger partial charge is 0.0613 e. The molecular formula is C16H15N. The van der Waals surface area contributed by atoms with Gasteiger partial charge in [0.1, 0.15) is 0 Å². The van der Waals surface area contributed by atoms with Gasteiger partial charge in [-0.2, -0.15) is 0 Å². The van der Waals surface area contributed by atoms with Gasteiger partial charge in [-0.05, 0) is 41.8 Å². The minimum atomic E-state index is 0.488. The molecule has 84 valence electrons. The van der Waals surface area contributed by atoms with Crippen LogP contribution in [0.1, 0.15) is 23.6 Å². The fourth-order valence-electron chi connectivity index (χ4n) is 3.46. The second kappa shape index (κ2) is 3.21. The summed E-state index contributed by atoms with van der Waals surface area (Å²) in [6.07, 6.45) is 10.3. The van der Waals surface area contributed by atoms with Crippen LogP contribution in [-0.4, -0.2) is 18.0 Å². The molecule has 17 heavy (non-hydrogen) atoms. The number of fused-ring (bicyclic) bond motifs is 5. The molecule has 2 atom stereocenters. The fraction of sp³-hybridized carbons (Fsp3) is 0.250. The molecule has 2 aliphatic carbocycles. The molecule has 3 aliphatic rings. The van der Waals surface area contributed by atoms with Crippen LogP contribution < -0.4 is 0 Å². The first-order valence-corrected chi connectivity index (χ1v) is 6.26. The van der Waals surface area contributed by atoms with Crippen molar-refractivity contribution in [1.82, 2.24) is 4.90 Å². The molecule has 2 unspecified atom stereocenters.